The maximum absolute atomic E-state index is 10.9. The van der Waals surface area contributed by atoms with Gasteiger partial charge >= 0.3 is 0 Å². The Kier molecular flexibility index (Phi) is 4.96. The normalized spacial score (nSPS) is 13.3. The summed E-state index contributed by atoms with van der Waals surface area (Å²) in [6.45, 7) is 0. The van der Waals surface area contributed by atoms with Gasteiger partial charge in [-0.2, -0.15) is 0 Å². The highest BCUT2D eigenvalue weighted by atomic mass is 35.5. The minimum Gasteiger partial charge on any atom is -0.386 e. The van der Waals surface area contributed by atoms with Gasteiger partial charge in [-0.15, -0.1) is 0 Å². The van der Waals surface area contributed by atoms with Gasteiger partial charge in [0.05, 0.1) is 6.04 Å². The second-order valence-corrected chi connectivity index (χ2v) is 5.83. The van der Waals surface area contributed by atoms with E-state index in [1.165, 1.54) is 0 Å². The molecule has 0 spiro atoms. The molecule has 0 aliphatic carbocycles. The van der Waals surface area contributed by atoms with E-state index in [1.54, 1.807) is 0 Å². The van der Waals surface area contributed by atoms with Crippen molar-refractivity contribution >= 4 is 17.3 Å². The van der Waals surface area contributed by atoms with E-state index < -0.39 is 6.10 Å². The van der Waals surface area contributed by atoms with Crippen molar-refractivity contribution in [1.82, 2.24) is 0 Å². The standard InChI is InChI=1S/C20H18ClNO/c21-17-11-13-18(14-12-17)22-19(15-7-3-1-4-8-15)20(23)16-9-5-2-6-10-16/h1-14,19-20,22-23H/t19-,20-/m1/s1. The molecule has 0 heterocycles. The zero-order valence-corrected chi connectivity index (χ0v) is 13.3. The average molecular weight is 324 g/mol. The summed E-state index contributed by atoms with van der Waals surface area (Å²) in [4.78, 5) is 0. The minimum absolute atomic E-state index is 0.250. The van der Waals surface area contributed by atoms with Crippen LogP contribution < -0.4 is 5.32 Å². The van der Waals surface area contributed by atoms with Gasteiger partial charge in [0.25, 0.3) is 0 Å². The Labute approximate surface area is 141 Å². The highest BCUT2D eigenvalue weighted by Gasteiger charge is 2.22. The van der Waals surface area contributed by atoms with Crippen molar-refractivity contribution in [1.29, 1.82) is 0 Å². The first-order chi connectivity index (χ1) is 11.2. The van der Waals surface area contributed by atoms with E-state index in [1.807, 2.05) is 84.9 Å². The number of hydrogen-bond donors (Lipinski definition) is 2. The lowest BCUT2D eigenvalue weighted by Crippen LogP contribution is -2.19. The number of anilines is 1. The molecular weight excluding hydrogens is 306 g/mol. The summed E-state index contributed by atoms with van der Waals surface area (Å²) in [5.74, 6) is 0. The topological polar surface area (TPSA) is 32.3 Å². The molecule has 0 aromatic heterocycles. The third kappa shape index (κ3) is 3.92. The van der Waals surface area contributed by atoms with E-state index in [9.17, 15) is 5.11 Å². The van der Waals surface area contributed by atoms with E-state index in [-0.39, 0.29) is 6.04 Å². The zero-order valence-electron chi connectivity index (χ0n) is 12.6. The third-order valence-electron chi connectivity index (χ3n) is 3.78. The number of hydrogen-bond acceptors (Lipinski definition) is 2. The highest BCUT2D eigenvalue weighted by molar-refractivity contribution is 6.30. The quantitative estimate of drug-likeness (QED) is 0.674. The molecule has 23 heavy (non-hydrogen) atoms. The summed E-state index contributed by atoms with van der Waals surface area (Å²) in [5.41, 5.74) is 2.82. The summed E-state index contributed by atoms with van der Waals surface area (Å²) >= 11 is 5.95. The Morgan fingerprint density at radius 1 is 0.696 bits per heavy atom. The Morgan fingerprint density at radius 3 is 1.78 bits per heavy atom. The number of benzene rings is 3. The molecule has 0 radical (unpaired) electrons. The fourth-order valence-corrected chi connectivity index (χ4v) is 2.70. The van der Waals surface area contributed by atoms with Gasteiger partial charge in [0.1, 0.15) is 6.10 Å². The molecule has 3 heteroatoms. The summed E-state index contributed by atoms with van der Waals surface area (Å²) in [6.07, 6.45) is -0.658. The van der Waals surface area contributed by atoms with Crippen molar-refractivity contribution in [3.05, 3.63) is 101 Å². The van der Waals surface area contributed by atoms with Crippen LogP contribution in [0, 0.1) is 0 Å². The molecule has 0 fully saturated rings. The number of aliphatic hydroxyl groups is 1. The van der Waals surface area contributed by atoms with Gasteiger partial charge in [0, 0.05) is 10.7 Å². The second-order valence-electron chi connectivity index (χ2n) is 5.40. The molecule has 3 aromatic carbocycles. The van der Waals surface area contributed by atoms with E-state index >= 15 is 0 Å². The Balaban J connectivity index is 1.92. The van der Waals surface area contributed by atoms with Crippen molar-refractivity contribution in [3.63, 3.8) is 0 Å². The predicted octanol–water partition coefficient (Wildman–Crippen LogP) is 5.23. The fraction of sp³-hybridized carbons (Fsp3) is 0.100. The average Bonchev–Trinajstić information content (AvgIpc) is 2.62. The van der Waals surface area contributed by atoms with Crippen LogP contribution in [0.4, 0.5) is 5.69 Å². The lowest BCUT2D eigenvalue weighted by Gasteiger charge is -2.26. The molecular formula is C20H18ClNO. The van der Waals surface area contributed by atoms with Crippen LogP contribution in [0.1, 0.15) is 23.3 Å². The van der Waals surface area contributed by atoms with Crippen LogP contribution in [0.5, 0.6) is 0 Å². The van der Waals surface area contributed by atoms with Crippen LogP contribution in [-0.2, 0) is 0 Å². The van der Waals surface area contributed by atoms with Gasteiger partial charge in [-0.3, -0.25) is 0 Å². The minimum atomic E-state index is -0.658. The van der Waals surface area contributed by atoms with Crippen LogP contribution in [0.3, 0.4) is 0 Å². The molecule has 3 aromatic rings. The van der Waals surface area contributed by atoms with Gasteiger partial charge < -0.3 is 10.4 Å². The van der Waals surface area contributed by atoms with Gasteiger partial charge in [-0.1, -0.05) is 72.3 Å². The molecule has 0 unspecified atom stereocenters. The van der Waals surface area contributed by atoms with Gasteiger partial charge in [0.15, 0.2) is 0 Å². The lowest BCUT2D eigenvalue weighted by atomic mass is 9.95. The molecule has 2 N–H and O–H groups in total. The van der Waals surface area contributed by atoms with Crippen molar-refractivity contribution < 1.29 is 5.11 Å². The van der Waals surface area contributed by atoms with Crippen molar-refractivity contribution in [2.24, 2.45) is 0 Å². The molecule has 0 saturated heterocycles. The lowest BCUT2D eigenvalue weighted by molar-refractivity contribution is 0.155. The SMILES string of the molecule is O[C@H](c1ccccc1)[C@H](Nc1ccc(Cl)cc1)c1ccccc1. The Hall–Kier alpha value is -2.29. The summed E-state index contributed by atoms with van der Waals surface area (Å²) in [6, 6.07) is 26.9. The first kappa shape index (κ1) is 15.6. The molecule has 0 amide bonds. The van der Waals surface area contributed by atoms with Crippen LogP contribution in [0.25, 0.3) is 0 Å². The number of halogens is 1. The Morgan fingerprint density at radius 2 is 1.22 bits per heavy atom. The van der Waals surface area contributed by atoms with E-state index in [2.05, 4.69) is 5.32 Å². The summed E-state index contributed by atoms with van der Waals surface area (Å²) < 4.78 is 0. The van der Waals surface area contributed by atoms with Crippen molar-refractivity contribution in [3.8, 4) is 0 Å². The number of aliphatic hydroxyl groups excluding tert-OH is 1. The van der Waals surface area contributed by atoms with Crippen molar-refractivity contribution in [2.75, 3.05) is 5.32 Å². The monoisotopic (exact) mass is 323 g/mol. The molecule has 116 valence electrons. The van der Waals surface area contributed by atoms with Gasteiger partial charge in [0.2, 0.25) is 0 Å². The molecule has 0 aliphatic heterocycles. The van der Waals surface area contributed by atoms with E-state index in [0.29, 0.717) is 5.02 Å². The number of nitrogens with one attached hydrogen (secondary N) is 1. The van der Waals surface area contributed by atoms with Gasteiger partial charge in [-0.05, 0) is 35.4 Å². The fourth-order valence-electron chi connectivity index (χ4n) is 2.57. The summed E-state index contributed by atoms with van der Waals surface area (Å²) in [5, 5.41) is 15.0. The molecule has 2 atom stereocenters. The predicted molar refractivity (Wildman–Crippen MR) is 95.7 cm³/mol. The molecule has 3 rings (SSSR count). The van der Waals surface area contributed by atoms with E-state index in [4.69, 9.17) is 11.6 Å². The largest absolute Gasteiger partial charge is 0.386 e. The zero-order chi connectivity index (χ0) is 16.1. The molecule has 0 aliphatic rings. The van der Waals surface area contributed by atoms with Crippen LogP contribution in [0.15, 0.2) is 84.9 Å². The molecule has 0 saturated carbocycles. The van der Waals surface area contributed by atoms with Crippen molar-refractivity contribution in [2.45, 2.75) is 12.1 Å². The Bertz CT molecular complexity index is 729. The smallest absolute Gasteiger partial charge is 0.103 e. The maximum atomic E-state index is 10.9. The second kappa shape index (κ2) is 7.32. The van der Waals surface area contributed by atoms with Crippen LogP contribution >= 0.6 is 11.6 Å². The number of rotatable bonds is 5. The van der Waals surface area contributed by atoms with E-state index in [0.717, 1.165) is 16.8 Å². The van der Waals surface area contributed by atoms with Crippen LogP contribution in [0.2, 0.25) is 5.02 Å². The molecule has 0 bridgehead atoms. The first-order valence-corrected chi connectivity index (χ1v) is 7.92. The maximum Gasteiger partial charge on any atom is 0.103 e. The molecule has 2 nitrogen and oxygen atoms in total. The summed E-state index contributed by atoms with van der Waals surface area (Å²) in [7, 11) is 0. The first-order valence-electron chi connectivity index (χ1n) is 7.54. The van der Waals surface area contributed by atoms with Crippen LogP contribution in [-0.4, -0.2) is 5.11 Å². The third-order valence-corrected chi connectivity index (χ3v) is 4.03. The highest BCUT2D eigenvalue weighted by Crippen LogP contribution is 2.32. The van der Waals surface area contributed by atoms with Gasteiger partial charge in [-0.25, -0.2) is 0 Å².